The first-order valence-electron chi connectivity index (χ1n) is 13.6. The molecule has 2 aromatic carbocycles. The number of sulfonamides is 1. The maximum atomic E-state index is 13.0. The smallest absolute Gasteiger partial charge is 0.410 e. The lowest BCUT2D eigenvalue weighted by molar-refractivity contribution is -0.384. The molecule has 1 saturated carbocycles. The molecule has 1 unspecified atom stereocenters. The molecule has 2 aliphatic rings. The van der Waals surface area contributed by atoms with Crippen LogP contribution in [0, 0.1) is 16.0 Å². The van der Waals surface area contributed by atoms with Gasteiger partial charge in [0.25, 0.3) is 5.69 Å². The van der Waals surface area contributed by atoms with Crippen LogP contribution >= 0.6 is 0 Å². The molecule has 0 aromatic heterocycles. The van der Waals surface area contributed by atoms with Crippen LogP contribution in [0.3, 0.4) is 0 Å². The summed E-state index contributed by atoms with van der Waals surface area (Å²) in [7, 11) is -3.28. The molecule has 40 heavy (non-hydrogen) atoms. The third-order valence-electron chi connectivity index (χ3n) is 7.86. The van der Waals surface area contributed by atoms with Crippen molar-refractivity contribution in [1.82, 2.24) is 14.5 Å². The average Bonchev–Trinajstić information content (AvgIpc) is 3.32. The van der Waals surface area contributed by atoms with E-state index in [2.05, 4.69) is 28.3 Å². The van der Waals surface area contributed by atoms with E-state index in [1.807, 2.05) is 18.2 Å². The molecule has 216 valence electrons. The standard InChI is InChI=1S/C29H38N4O6S/c1-3-15-32(29(34)39-21-22-9-11-27(12-10-22)33(35)36)26-13-16-31(17-14-26)20-24-18-25(30-40(2,37)38)19-28(24)23-7-5-4-6-8-23/h3-12,24-26,28,30H,1,13-21H2,2H3/t24-,25?,28-/m1/s1. The first kappa shape index (κ1) is 29.7. The molecule has 1 heterocycles. The van der Waals surface area contributed by atoms with Crippen molar-refractivity contribution < 1.29 is 22.9 Å². The van der Waals surface area contributed by atoms with Crippen LogP contribution in [-0.4, -0.2) is 73.8 Å². The van der Waals surface area contributed by atoms with Gasteiger partial charge in [-0.2, -0.15) is 0 Å². The third kappa shape index (κ3) is 8.12. The summed E-state index contributed by atoms with van der Waals surface area (Å²) in [4.78, 5) is 27.5. The molecule has 11 heteroatoms. The fourth-order valence-electron chi connectivity index (χ4n) is 6.03. The van der Waals surface area contributed by atoms with E-state index in [0.29, 0.717) is 18.0 Å². The summed E-state index contributed by atoms with van der Waals surface area (Å²) in [5.41, 5.74) is 1.92. The third-order valence-corrected chi connectivity index (χ3v) is 8.63. The highest BCUT2D eigenvalue weighted by Gasteiger charge is 2.38. The van der Waals surface area contributed by atoms with E-state index in [0.717, 1.165) is 45.3 Å². The second-order valence-electron chi connectivity index (χ2n) is 10.8. The Balaban J connectivity index is 1.33. The molecule has 4 rings (SSSR count). The minimum absolute atomic E-state index is 0.00927. The summed E-state index contributed by atoms with van der Waals surface area (Å²) in [6.07, 6.45) is 5.66. The first-order valence-corrected chi connectivity index (χ1v) is 15.5. The summed E-state index contributed by atoms with van der Waals surface area (Å²) in [5.74, 6) is 0.610. The topological polar surface area (TPSA) is 122 Å². The Kier molecular flexibility index (Phi) is 9.94. The van der Waals surface area contributed by atoms with Crippen LogP contribution in [-0.2, 0) is 21.4 Å². The zero-order chi connectivity index (χ0) is 28.7. The summed E-state index contributed by atoms with van der Waals surface area (Å²) < 4.78 is 32.2. The molecule has 2 fully saturated rings. The molecule has 0 spiro atoms. The minimum atomic E-state index is -3.28. The quantitative estimate of drug-likeness (QED) is 0.243. The van der Waals surface area contributed by atoms with E-state index in [1.54, 1.807) is 23.1 Å². The van der Waals surface area contributed by atoms with Gasteiger partial charge in [-0.05, 0) is 60.8 Å². The van der Waals surface area contributed by atoms with Crippen LogP contribution in [0.2, 0.25) is 0 Å². The van der Waals surface area contributed by atoms with Crippen molar-refractivity contribution in [2.45, 2.75) is 50.3 Å². The maximum absolute atomic E-state index is 13.0. The normalized spacial score (nSPS) is 22.1. The SMILES string of the molecule is C=CCN(C(=O)OCc1ccc([N+](=O)[O-])cc1)C1CCN(C[C@H]2CC(NS(C)(=O)=O)C[C@@H]2c2ccccc2)CC1. The lowest BCUT2D eigenvalue weighted by Gasteiger charge is -2.39. The van der Waals surface area contributed by atoms with Crippen LogP contribution in [0.5, 0.6) is 0 Å². The van der Waals surface area contributed by atoms with Crippen molar-refractivity contribution in [2.24, 2.45) is 5.92 Å². The number of non-ortho nitro benzene ring substituents is 1. The Bertz CT molecular complexity index is 1260. The number of nitro benzene ring substituents is 1. The maximum Gasteiger partial charge on any atom is 0.410 e. The Hall–Kier alpha value is -3.28. The van der Waals surface area contributed by atoms with Crippen LogP contribution in [0.15, 0.2) is 67.3 Å². The van der Waals surface area contributed by atoms with Gasteiger partial charge in [0.1, 0.15) is 6.61 Å². The van der Waals surface area contributed by atoms with E-state index in [-0.39, 0.29) is 30.3 Å². The number of amides is 1. The number of piperidine rings is 1. The van der Waals surface area contributed by atoms with Crippen LogP contribution < -0.4 is 4.72 Å². The molecule has 0 bridgehead atoms. The van der Waals surface area contributed by atoms with Crippen molar-refractivity contribution in [3.8, 4) is 0 Å². The van der Waals surface area contributed by atoms with Crippen molar-refractivity contribution in [3.63, 3.8) is 0 Å². The van der Waals surface area contributed by atoms with Gasteiger partial charge in [0.2, 0.25) is 10.0 Å². The number of rotatable bonds is 11. The number of nitrogens with zero attached hydrogens (tertiary/aromatic N) is 3. The number of benzene rings is 2. The summed E-state index contributed by atoms with van der Waals surface area (Å²) in [6, 6.07) is 16.2. The summed E-state index contributed by atoms with van der Waals surface area (Å²) in [5, 5.41) is 10.9. The van der Waals surface area contributed by atoms with E-state index in [1.165, 1.54) is 24.0 Å². The lowest BCUT2D eigenvalue weighted by Crippen LogP contribution is -2.48. The Morgan fingerprint density at radius 3 is 2.42 bits per heavy atom. The predicted octanol–water partition coefficient (Wildman–Crippen LogP) is 4.30. The highest BCUT2D eigenvalue weighted by atomic mass is 32.2. The number of hydrogen-bond donors (Lipinski definition) is 1. The molecule has 3 atom stereocenters. The van der Waals surface area contributed by atoms with Gasteiger partial charge in [-0.3, -0.25) is 10.1 Å². The Labute approximate surface area is 236 Å². The largest absolute Gasteiger partial charge is 0.445 e. The molecule has 10 nitrogen and oxygen atoms in total. The molecule has 0 radical (unpaired) electrons. The lowest BCUT2D eigenvalue weighted by atomic mass is 9.88. The van der Waals surface area contributed by atoms with Crippen molar-refractivity contribution in [2.75, 3.05) is 32.4 Å². The Morgan fingerprint density at radius 1 is 1.15 bits per heavy atom. The fraction of sp³-hybridized carbons (Fsp3) is 0.483. The zero-order valence-electron chi connectivity index (χ0n) is 22.9. The molecule has 1 aliphatic heterocycles. The number of nitro groups is 1. The van der Waals surface area contributed by atoms with Crippen LogP contribution in [0.4, 0.5) is 10.5 Å². The van der Waals surface area contributed by atoms with Crippen molar-refractivity contribution >= 4 is 21.8 Å². The number of hydrogen-bond acceptors (Lipinski definition) is 7. The predicted molar refractivity (Wildman–Crippen MR) is 153 cm³/mol. The second kappa shape index (κ2) is 13.4. The van der Waals surface area contributed by atoms with E-state index in [9.17, 15) is 23.3 Å². The number of carbonyl (C=O) groups excluding carboxylic acids is 1. The number of nitrogens with one attached hydrogen (secondary N) is 1. The van der Waals surface area contributed by atoms with Gasteiger partial charge in [-0.25, -0.2) is 17.9 Å². The summed E-state index contributed by atoms with van der Waals surface area (Å²) in [6.45, 7) is 6.75. The molecular weight excluding hydrogens is 532 g/mol. The van der Waals surface area contributed by atoms with Gasteiger partial charge in [0, 0.05) is 50.4 Å². The molecule has 2 aromatic rings. The van der Waals surface area contributed by atoms with Gasteiger partial charge in [0.05, 0.1) is 11.2 Å². The summed E-state index contributed by atoms with van der Waals surface area (Å²) >= 11 is 0. The monoisotopic (exact) mass is 570 g/mol. The zero-order valence-corrected chi connectivity index (χ0v) is 23.7. The van der Waals surface area contributed by atoms with E-state index < -0.39 is 21.0 Å². The number of likely N-dealkylation sites (tertiary alicyclic amines) is 1. The minimum Gasteiger partial charge on any atom is -0.445 e. The van der Waals surface area contributed by atoms with Gasteiger partial charge in [0.15, 0.2) is 0 Å². The van der Waals surface area contributed by atoms with Crippen molar-refractivity contribution in [3.05, 3.63) is 88.5 Å². The highest BCUT2D eigenvalue weighted by molar-refractivity contribution is 7.88. The van der Waals surface area contributed by atoms with E-state index in [4.69, 9.17) is 4.74 Å². The molecule has 1 aliphatic carbocycles. The van der Waals surface area contributed by atoms with Gasteiger partial charge >= 0.3 is 6.09 Å². The van der Waals surface area contributed by atoms with Gasteiger partial charge in [-0.1, -0.05) is 36.4 Å². The highest BCUT2D eigenvalue weighted by Crippen LogP contribution is 2.41. The number of carbonyl (C=O) groups is 1. The first-order chi connectivity index (χ1) is 19.1. The van der Waals surface area contributed by atoms with Crippen LogP contribution in [0.1, 0.15) is 42.7 Å². The molecule has 1 saturated heterocycles. The molecule has 1 N–H and O–H groups in total. The van der Waals surface area contributed by atoms with Crippen molar-refractivity contribution in [1.29, 1.82) is 0 Å². The van der Waals surface area contributed by atoms with Gasteiger partial charge < -0.3 is 14.5 Å². The molecule has 1 amide bonds. The Morgan fingerprint density at radius 2 is 1.82 bits per heavy atom. The number of ether oxygens (including phenoxy) is 1. The van der Waals surface area contributed by atoms with Crippen LogP contribution in [0.25, 0.3) is 0 Å². The molecular formula is C29H38N4O6S. The van der Waals surface area contributed by atoms with Gasteiger partial charge in [-0.15, -0.1) is 6.58 Å². The average molecular weight is 571 g/mol. The van der Waals surface area contributed by atoms with E-state index >= 15 is 0 Å². The second-order valence-corrected chi connectivity index (χ2v) is 12.6. The fourth-order valence-corrected chi connectivity index (χ4v) is 6.83.